The Morgan fingerprint density at radius 2 is 1.77 bits per heavy atom. The molecule has 11 nitrogen and oxygen atoms in total. The summed E-state index contributed by atoms with van der Waals surface area (Å²) in [6.07, 6.45) is 3.64. The predicted octanol–water partition coefficient (Wildman–Crippen LogP) is 3.38. The van der Waals surface area contributed by atoms with Gasteiger partial charge in [0.1, 0.15) is 23.7 Å². The van der Waals surface area contributed by atoms with Crippen LogP contribution in [-0.4, -0.2) is 77.3 Å². The number of hydrogen-bond donors (Lipinski definition) is 3. The Labute approximate surface area is 230 Å². The number of aromatic nitrogens is 1. The minimum Gasteiger partial charge on any atom is -0.449 e. The maximum absolute atomic E-state index is 13.4. The lowest BCUT2D eigenvalue weighted by Gasteiger charge is -2.33. The molecular weight excluding hydrogens is 526 g/mol. The Morgan fingerprint density at radius 3 is 2.38 bits per heavy atom. The Morgan fingerprint density at radius 1 is 1.05 bits per heavy atom. The van der Waals surface area contributed by atoms with Crippen molar-refractivity contribution in [2.45, 2.75) is 31.7 Å². The number of carbonyl (C=O) groups excluding carboxylic acids is 4. The highest BCUT2D eigenvalue weighted by molar-refractivity contribution is 6.30. The van der Waals surface area contributed by atoms with Gasteiger partial charge in [0.25, 0.3) is 11.8 Å². The molecule has 0 atom stereocenters. The molecule has 206 valence electrons. The molecule has 0 radical (unpaired) electrons. The standard InChI is InChI=1S/C27H30ClN5O6/c1-32(2)27(38)16-6-10-20-19(12-16)23(24(39-20)26(37)30-21-11-7-17(28)13-29-21)31-25(36)15-4-8-18(9-5-15)33(3)22(35)14-34/h6-7,10-13,15,18,34H,4-5,8-9,14H2,1-3H3,(H,31,36)(H,29,30,37). The molecule has 39 heavy (non-hydrogen) atoms. The minimum atomic E-state index is -0.635. The molecule has 0 unspecified atom stereocenters. The van der Waals surface area contributed by atoms with E-state index in [-0.39, 0.29) is 46.9 Å². The number of hydrogen-bond acceptors (Lipinski definition) is 7. The van der Waals surface area contributed by atoms with Crippen LogP contribution in [0.15, 0.2) is 40.9 Å². The molecular formula is C27H30ClN5O6. The zero-order valence-corrected chi connectivity index (χ0v) is 22.6. The number of halogens is 1. The SMILES string of the molecule is CN(C)C(=O)c1ccc2oc(C(=O)Nc3ccc(Cl)cn3)c(NC(=O)C3CCC(N(C)C(=O)CO)CC3)c2c1. The third kappa shape index (κ3) is 6.21. The maximum atomic E-state index is 13.4. The minimum absolute atomic E-state index is 0.0590. The van der Waals surface area contributed by atoms with E-state index in [9.17, 15) is 19.2 Å². The lowest BCUT2D eigenvalue weighted by Crippen LogP contribution is -2.42. The van der Waals surface area contributed by atoms with E-state index in [0.29, 0.717) is 47.2 Å². The average molecular weight is 556 g/mol. The topological polar surface area (TPSA) is 145 Å². The smallest absolute Gasteiger partial charge is 0.294 e. The van der Waals surface area contributed by atoms with E-state index in [2.05, 4.69) is 15.6 Å². The van der Waals surface area contributed by atoms with Gasteiger partial charge in [0.15, 0.2) is 0 Å². The molecule has 0 spiro atoms. The highest BCUT2D eigenvalue weighted by Gasteiger charge is 2.32. The van der Waals surface area contributed by atoms with Crippen LogP contribution >= 0.6 is 11.6 Å². The molecule has 3 N–H and O–H groups in total. The first-order valence-corrected chi connectivity index (χ1v) is 12.8. The van der Waals surface area contributed by atoms with Crippen molar-refractivity contribution in [1.82, 2.24) is 14.8 Å². The van der Waals surface area contributed by atoms with Gasteiger partial charge >= 0.3 is 0 Å². The van der Waals surface area contributed by atoms with Crippen molar-refractivity contribution in [2.75, 3.05) is 38.4 Å². The number of anilines is 2. The Kier molecular flexibility index (Phi) is 8.51. The van der Waals surface area contributed by atoms with Gasteiger partial charge in [0.05, 0.1) is 5.02 Å². The molecule has 0 aliphatic heterocycles. The van der Waals surface area contributed by atoms with Crippen LogP contribution in [-0.2, 0) is 9.59 Å². The molecule has 1 aliphatic carbocycles. The van der Waals surface area contributed by atoms with Gasteiger partial charge in [-0.1, -0.05) is 11.6 Å². The van der Waals surface area contributed by atoms with Crippen molar-refractivity contribution in [3.05, 3.63) is 52.9 Å². The maximum Gasteiger partial charge on any atom is 0.294 e. The van der Waals surface area contributed by atoms with Crippen LogP contribution in [0.3, 0.4) is 0 Å². The number of furan rings is 1. The van der Waals surface area contributed by atoms with Crippen LogP contribution in [0.4, 0.5) is 11.5 Å². The first kappa shape index (κ1) is 28.1. The largest absolute Gasteiger partial charge is 0.449 e. The summed E-state index contributed by atoms with van der Waals surface area (Å²) in [5.41, 5.74) is 0.847. The highest BCUT2D eigenvalue weighted by Crippen LogP contribution is 2.35. The van der Waals surface area contributed by atoms with Gasteiger partial charge in [-0.25, -0.2) is 4.98 Å². The van der Waals surface area contributed by atoms with Gasteiger partial charge in [-0.05, 0) is 56.0 Å². The first-order chi connectivity index (χ1) is 18.6. The molecule has 1 fully saturated rings. The summed E-state index contributed by atoms with van der Waals surface area (Å²) in [6, 6.07) is 7.81. The molecule has 1 saturated carbocycles. The van der Waals surface area contributed by atoms with E-state index in [0.717, 1.165) is 0 Å². The van der Waals surface area contributed by atoms with Crippen LogP contribution in [0.1, 0.15) is 46.6 Å². The van der Waals surface area contributed by atoms with Crippen molar-refractivity contribution in [3.8, 4) is 0 Å². The van der Waals surface area contributed by atoms with Crippen molar-refractivity contribution in [3.63, 3.8) is 0 Å². The molecule has 2 aromatic heterocycles. The van der Waals surface area contributed by atoms with E-state index < -0.39 is 12.5 Å². The summed E-state index contributed by atoms with van der Waals surface area (Å²) in [7, 11) is 4.91. The highest BCUT2D eigenvalue weighted by atomic mass is 35.5. The zero-order valence-electron chi connectivity index (χ0n) is 21.9. The average Bonchev–Trinajstić information content (AvgIpc) is 3.30. The van der Waals surface area contributed by atoms with Gasteiger partial charge in [-0.3, -0.25) is 19.2 Å². The summed E-state index contributed by atoms with van der Waals surface area (Å²) in [5.74, 6) is -1.78. The fraction of sp³-hybridized carbons (Fsp3) is 0.370. The number of fused-ring (bicyclic) bond motifs is 1. The first-order valence-electron chi connectivity index (χ1n) is 12.5. The molecule has 4 amide bonds. The van der Waals surface area contributed by atoms with Crippen molar-refractivity contribution in [2.24, 2.45) is 5.92 Å². The molecule has 2 heterocycles. The van der Waals surface area contributed by atoms with Crippen LogP contribution in [0.2, 0.25) is 5.02 Å². The number of benzene rings is 1. The molecule has 12 heteroatoms. The van der Waals surface area contributed by atoms with Crippen molar-refractivity contribution < 1.29 is 28.7 Å². The van der Waals surface area contributed by atoms with E-state index in [1.54, 1.807) is 45.4 Å². The van der Waals surface area contributed by atoms with Gasteiger partial charge in [0, 0.05) is 50.2 Å². The second-order valence-electron chi connectivity index (χ2n) is 9.69. The quantitative estimate of drug-likeness (QED) is 0.405. The third-order valence-electron chi connectivity index (χ3n) is 6.91. The molecule has 1 aromatic carbocycles. The number of rotatable bonds is 7. The summed E-state index contributed by atoms with van der Waals surface area (Å²) in [6.45, 7) is -0.556. The number of nitrogens with one attached hydrogen (secondary N) is 2. The number of aliphatic hydroxyl groups excluding tert-OH is 1. The van der Waals surface area contributed by atoms with E-state index in [4.69, 9.17) is 21.1 Å². The van der Waals surface area contributed by atoms with Crippen molar-refractivity contribution in [1.29, 1.82) is 0 Å². The number of nitrogens with zero attached hydrogens (tertiary/aromatic N) is 3. The van der Waals surface area contributed by atoms with Crippen LogP contribution in [0.5, 0.6) is 0 Å². The van der Waals surface area contributed by atoms with Gasteiger partial charge in [-0.2, -0.15) is 0 Å². The van der Waals surface area contributed by atoms with Crippen LogP contribution in [0.25, 0.3) is 11.0 Å². The third-order valence-corrected chi connectivity index (χ3v) is 7.13. The summed E-state index contributed by atoms with van der Waals surface area (Å²) >= 11 is 5.88. The van der Waals surface area contributed by atoms with Gasteiger partial charge in [0.2, 0.25) is 17.6 Å². The molecule has 0 saturated heterocycles. The van der Waals surface area contributed by atoms with E-state index in [1.807, 2.05) is 0 Å². The second-order valence-corrected chi connectivity index (χ2v) is 10.1. The number of aliphatic hydroxyl groups is 1. The fourth-order valence-corrected chi connectivity index (χ4v) is 4.77. The second kappa shape index (κ2) is 11.8. The lowest BCUT2D eigenvalue weighted by atomic mass is 9.84. The number of likely N-dealkylation sites (N-methyl/N-ethyl adjacent to an activating group) is 1. The van der Waals surface area contributed by atoms with Gasteiger partial charge < -0.3 is 30.0 Å². The molecule has 4 rings (SSSR count). The normalized spacial score (nSPS) is 16.9. The summed E-state index contributed by atoms with van der Waals surface area (Å²) in [5, 5.41) is 15.5. The number of pyridine rings is 1. The summed E-state index contributed by atoms with van der Waals surface area (Å²) < 4.78 is 5.85. The Balaban J connectivity index is 1.61. The Hall–Kier alpha value is -3.96. The predicted molar refractivity (Wildman–Crippen MR) is 146 cm³/mol. The van der Waals surface area contributed by atoms with Gasteiger partial charge in [-0.15, -0.1) is 0 Å². The zero-order chi connectivity index (χ0) is 28.3. The number of amides is 4. The number of carbonyl (C=O) groups is 4. The molecule has 0 bridgehead atoms. The molecule has 1 aliphatic rings. The molecule has 3 aromatic rings. The monoisotopic (exact) mass is 555 g/mol. The van der Waals surface area contributed by atoms with E-state index >= 15 is 0 Å². The van der Waals surface area contributed by atoms with Crippen LogP contribution in [0, 0.1) is 5.92 Å². The lowest BCUT2D eigenvalue weighted by molar-refractivity contribution is -0.135. The summed E-state index contributed by atoms with van der Waals surface area (Å²) in [4.78, 5) is 58.0. The van der Waals surface area contributed by atoms with E-state index in [1.165, 1.54) is 22.1 Å². The Bertz CT molecular complexity index is 1400. The fourth-order valence-electron chi connectivity index (χ4n) is 4.66. The van der Waals surface area contributed by atoms with Crippen molar-refractivity contribution >= 4 is 57.7 Å². The van der Waals surface area contributed by atoms with Crippen LogP contribution < -0.4 is 10.6 Å².